The number of methoxy groups -OCH3 is 2. The number of carbonyl (C=O) groups excluding carboxylic acids is 2. The highest BCUT2D eigenvalue weighted by molar-refractivity contribution is 6.36. The van der Waals surface area contributed by atoms with E-state index in [1.165, 1.54) is 6.92 Å². The first kappa shape index (κ1) is 15.3. The third kappa shape index (κ3) is 8.57. The van der Waals surface area contributed by atoms with Crippen LogP contribution >= 0.6 is 0 Å². The highest BCUT2D eigenvalue weighted by Crippen LogP contribution is 1.98. The molecule has 0 saturated carbocycles. The maximum Gasteiger partial charge on any atom is 0.313 e. The maximum atomic E-state index is 11.0. The van der Waals surface area contributed by atoms with Crippen molar-refractivity contribution in [2.75, 3.05) is 20.8 Å². The minimum atomic E-state index is -0.453. The van der Waals surface area contributed by atoms with Crippen LogP contribution in [0.25, 0.3) is 0 Å². The number of Topliss-reactive ketones (excluding diaryl/α,β-unsaturated/α-hetero) is 1. The topological polar surface area (TPSA) is 61.8 Å². The summed E-state index contributed by atoms with van der Waals surface area (Å²) >= 11 is 0. The van der Waals surface area contributed by atoms with Gasteiger partial charge in [-0.1, -0.05) is 6.04 Å². The van der Waals surface area contributed by atoms with E-state index in [1.807, 2.05) is 0 Å². The van der Waals surface area contributed by atoms with Crippen LogP contribution in [-0.4, -0.2) is 48.0 Å². The molecule has 0 spiro atoms. The van der Waals surface area contributed by atoms with Crippen LogP contribution < -0.4 is 0 Å². The molecule has 0 aromatic heterocycles. The van der Waals surface area contributed by atoms with E-state index in [0.29, 0.717) is 16.1 Å². The zero-order valence-electron chi connectivity index (χ0n) is 9.95. The Hall–Kier alpha value is -0.723. The summed E-state index contributed by atoms with van der Waals surface area (Å²) in [6, 6.07) is 0.875. The molecule has 0 aliphatic carbocycles. The Bertz CT molecular complexity index is 215. The number of carbonyl (C=O) groups is 2. The molecule has 0 aromatic rings. The molecule has 0 heterocycles. The van der Waals surface area contributed by atoms with E-state index in [4.69, 9.17) is 14.2 Å². The predicted octanol–water partition coefficient (Wildman–Crippen LogP) is 0.598. The molecule has 92 valence electrons. The van der Waals surface area contributed by atoms with Crippen molar-refractivity contribution in [2.45, 2.75) is 31.7 Å². The van der Waals surface area contributed by atoms with Crippen molar-refractivity contribution in [2.24, 2.45) is 0 Å². The van der Waals surface area contributed by atoms with Crippen molar-refractivity contribution in [3.05, 3.63) is 0 Å². The highest BCUT2D eigenvalue weighted by atomic mass is 28.2. The van der Waals surface area contributed by atoms with Crippen molar-refractivity contribution in [1.29, 1.82) is 0 Å². The molecule has 0 rings (SSSR count). The lowest BCUT2D eigenvalue weighted by molar-refractivity contribution is -0.145. The average Bonchev–Trinajstić information content (AvgIpc) is 2.22. The molecule has 0 saturated heterocycles. The van der Waals surface area contributed by atoms with E-state index in [0.717, 1.165) is 12.5 Å². The molecule has 5 nitrogen and oxygen atoms in total. The van der Waals surface area contributed by atoms with Crippen LogP contribution in [0.2, 0.25) is 6.04 Å². The van der Waals surface area contributed by atoms with Crippen LogP contribution in [0.4, 0.5) is 0 Å². The van der Waals surface area contributed by atoms with Crippen molar-refractivity contribution >= 4 is 21.3 Å². The van der Waals surface area contributed by atoms with Crippen molar-refractivity contribution in [3.8, 4) is 0 Å². The summed E-state index contributed by atoms with van der Waals surface area (Å²) in [5.41, 5.74) is 0. The molecule has 0 N–H and O–H groups in total. The third-order valence-corrected chi connectivity index (χ3v) is 3.16. The van der Waals surface area contributed by atoms with Gasteiger partial charge >= 0.3 is 5.97 Å². The molecular weight excluding hydrogens is 228 g/mol. The lowest BCUT2D eigenvalue weighted by Gasteiger charge is -2.11. The third-order valence-electron chi connectivity index (χ3n) is 1.72. The van der Waals surface area contributed by atoms with E-state index < -0.39 is 5.97 Å². The number of esters is 1. The lowest BCUT2D eigenvalue weighted by Crippen LogP contribution is -2.21. The molecule has 0 aliphatic rings. The Kier molecular flexibility index (Phi) is 9.07. The summed E-state index contributed by atoms with van der Waals surface area (Å²) in [6.07, 6.45) is 0.617. The largest absolute Gasteiger partial charge is 0.465 e. The molecule has 2 radical (unpaired) electrons. The number of hydrogen-bond donors (Lipinski definition) is 0. The van der Waals surface area contributed by atoms with Crippen LogP contribution in [0.1, 0.15) is 19.8 Å². The summed E-state index contributed by atoms with van der Waals surface area (Å²) in [6.45, 7) is 1.71. The second kappa shape index (κ2) is 9.50. The fourth-order valence-electron chi connectivity index (χ4n) is 0.995. The first-order valence-corrected chi connectivity index (χ1v) is 6.32. The van der Waals surface area contributed by atoms with Crippen molar-refractivity contribution in [3.63, 3.8) is 0 Å². The van der Waals surface area contributed by atoms with Gasteiger partial charge in [0, 0.05) is 14.2 Å². The average molecular weight is 246 g/mol. The van der Waals surface area contributed by atoms with Crippen LogP contribution in [0.15, 0.2) is 0 Å². The fourth-order valence-corrected chi connectivity index (χ4v) is 1.91. The van der Waals surface area contributed by atoms with Gasteiger partial charge in [0.15, 0.2) is 0 Å². The SMILES string of the molecule is COC(OC)[Si]CCCOC(=O)CC(C)=O. The van der Waals surface area contributed by atoms with Gasteiger partial charge in [-0.2, -0.15) is 0 Å². The smallest absolute Gasteiger partial charge is 0.313 e. The highest BCUT2D eigenvalue weighted by Gasteiger charge is 2.08. The van der Waals surface area contributed by atoms with Crippen LogP contribution in [-0.2, 0) is 23.8 Å². The molecular formula is C10H18O5Si. The predicted molar refractivity (Wildman–Crippen MR) is 59.2 cm³/mol. The van der Waals surface area contributed by atoms with Gasteiger partial charge in [-0.05, 0) is 13.3 Å². The Morgan fingerprint density at radius 2 is 1.88 bits per heavy atom. The number of rotatable bonds is 9. The van der Waals surface area contributed by atoms with Gasteiger partial charge in [0.2, 0.25) is 0 Å². The van der Waals surface area contributed by atoms with E-state index in [2.05, 4.69) is 0 Å². The molecule has 0 fully saturated rings. The van der Waals surface area contributed by atoms with Crippen LogP contribution in [0, 0.1) is 0 Å². The van der Waals surface area contributed by atoms with E-state index in [1.54, 1.807) is 14.2 Å². The van der Waals surface area contributed by atoms with Gasteiger partial charge in [0.25, 0.3) is 0 Å². The van der Waals surface area contributed by atoms with Crippen molar-refractivity contribution < 1.29 is 23.8 Å². The Balaban J connectivity index is 3.39. The van der Waals surface area contributed by atoms with Gasteiger partial charge < -0.3 is 14.2 Å². The number of ether oxygens (including phenoxy) is 3. The Morgan fingerprint density at radius 1 is 1.25 bits per heavy atom. The second-order valence-electron chi connectivity index (χ2n) is 3.21. The van der Waals surface area contributed by atoms with Crippen LogP contribution in [0.5, 0.6) is 0 Å². The first-order chi connectivity index (χ1) is 7.60. The van der Waals surface area contributed by atoms with E-state index in [-0.39, 0.29) is 18.1 Å². The maximum absolute atomic E-state index is 11.0. The molecule has 6 heteroatoms. The Labute approximate surface area is 98.3 Å². The summed E-state index contributed by atoms with van der Waals surface area (Å²) in [5, 5.41) is 0. The molecule has 0 aliphatic heterocycles. The van der Waals surface area contributed by atoms with E-state index in [9.17, 15) is 9.59 Å². The summed E-state index contributed by atoms with van der Waals surface area (Å²) in [4.78, 5) is 21.6. The van der Waals surface area contributed by atoms with Crippen molar-refractivity contribution in [1.82, 2.24) is 0 Å². The minimum Gasteiger partial charge on any atom is -0.465 e. The summed E-state index contributed by atoms with van der Waals surface area (Å²) < 4.78 is 14.9. The summed E-state index contributed by atoms with van der Waals surface area (Å²) in [5.74, 6) is -0.801. The number of hydrogen-bond acceptors (Lipinski definition) is 5. The first-order valence-electron chi connectivity index (χ1n) is 5.04. The van der Waals surface area contributed by atoms with Gasteiger partial charge in [0.05, 0.1) is 6.61 Å². The number of ketones is 1. The molecule has 0 bridgehead atoms. The molecule has 0 atom stereocenters. The minimum absolute atomic E-state index is 0.138. The lowest BCUT2D eigenvalue weighted by atomic mass is 10.3. The van der Waals surface area contributed by atoms with Gasteiger partial charge in [-0.3, -0.25) is 9.59 Å². The van der Waals surface area contributed by atoms with E-state index >= 15 is 0 Å². The fraction of sp³-hybridized carbons (Fsp3) is 0.800. The normalized spacial score (nSPS) is 10.5. The zero-order chi connectivity index (χ0) is 12.4. The monoisotopic (exact) mass is 246 g/mol. The van der Waals surface area contributed by atoms with Gasteiger partial charge in [0.1, 0.15) is 27.6 Å². The second-order valence-corrected chi connectivity index (χ2v) is 4.59. The van der Waals surface area contributed by atoms with Crippen LogP contribution in [0.3, 0.4) is 0 Å². The molecule has 0 amide bonds. The molecule has 16 heavy (non-hydrogen) atoms. The van der Waals surface area contributed by atoms with Gasteiger partial charge in [-0.15, -0.1) is 0 Å². The zero-order valence-corrected chi connectivity index (χ0v) is 10.9. The molecule has 0 aromatic carbocycles. The molecule has 0 unspecified atom stereocenters. The standard InChI is InChI=1S/C10H18O5Si/c1-8(11)7-9(12)15-5-4-6-16-10(13-2)14-3/h10H,4-7H2,1-3H3. The quantitative estimate of drug-likeness (QED) is 0.196. The summed E-state index contributed by atoms with van der Waals surface area (Å²) in [7, 11) is 3.70. The van der Waals surface area contributed by atoms with Gasteiger partial charge in [-0.25, -0.2) is 0 Å². The Morgan fingerprint density at radius 3 is 2.38 bits per heavy atom.